The van der Waals surface area contributed by atoms with Gasteiger partial charge < -0.3 is 10.1 Å². The van der Waals surface area contributed by atoms with Crippen molar-refractivity contribution in [3.63, 3.8) is 0 Å². The number of sulfonamides is 1. The molecule has 4 rings (SSSR count). The number of benzene rings is 2. The van der Waals surface area contributed by atoms with Crippen molar-refractivity contribution < 1.29 is 17.9 Å². The molecule has 180 valence electrons. The van der Waals surface area contributed by atoms with Crippen molar-refractivity contribution in [3.8, 4) is 5.75 Å². The van der Waals surface area contributed by atoms with Crippen LogP contribution >= 0.6 is 0 Å². The minimum absolute atomic E-state index is 0.177. The van der Waals surface area contributed by atoms with Gasteiger partial charge in [0.15, 0.2) is 0 Å². The molecule has 9 nitrogen and oxygen atoms in total. The molecule has 1 aliphatic carbocycles. The number of carbonyl (C=O) groups is 1. The second kappa shape index (κ2) is 9.94. The molecule has 10 heteroatoms. The van der Waals surface area contributed by atoms with Crippen LogP contribution in [-0.4, -0.2) is 36.2 Å². The summed E-state index contributed by atoms with van der Waals surface area (Å²) in [5, 5.41) is 7.74. The van der Waals surface area contributed by atoms with E-state index in [0.717, 1.165) is 11.3 Å². The molecule has 2 unspecified atom stereocenters. The molecule has 0 radical (unpaired) electrons. The number of hydrogen-bond donors (Lipinski definition) is 2. The normalized spacial score (nSPS) is 18.5. The number of carbonyl (C=O) groups excluding carboxylic acids is 1. The summed E-state index contributed by atoms with van der Waals surface area (Å²) < 4.78 is 30.4. The molecule has 2 aromatic carbocycles. The summed E-state index contributed by atoms with van der Waals surface area (Å²) in [4.78, 5) is 30.7. The maximum atomic E-state index is 13.3. The zero-order valence-corrected chi connectivity index (χ0v) is 19.8. The maximum Gasteiger partial charge on any atom is 0.263 e. The fraction of sp³-hybridized carbons (Fsp3) is 0.375. The van der Waals surface area contributed by atoms with E-state index in [1.165, 1.54) is 10.9 Å². The van der Waals surface area contributed by atoms with Crippen molar-refractivity contribution >= 4 is 32.5 Å². The average molecular weight is 485 g/mol. The molecule has 1 aliphatic rings. The van der Waals surface area contributed by atoms with Crippen LogP contribution in [0.2, 0.25) is 0 Å². The standard InChI is InChI=1S/C24H28N4O5S/c1-33-21-11-3-2-6-16(21)12-13-28-15-26-19-9-5-10-20(22(19)24(28)30)27-23(29)17-7-4-8-18(14-17)34(25,31)32/h2-3,5-6,9-11,15,17-18H,4,7-8,12-14H2,1H3,(H,27,29)(H2,25,31,32). The Labute approximate surface area is 198 Å². The number of rotatable bonds is 7. The van der Waals surface area contributed by atoms with Crippen LogP contribution in [0.5, 0.6) is 5.75 Å². The topological polar surface area (TPSA) is 133 Å². The molecule has 1 amide bonds. The molecule has 0 aliphatic heterocycles. The Balaban J connectivity index is 1.58. The van der Waals surface area contributed by atoms with Gasteiger partial charge in [-0.05, 0) is 49.4 Å². The summed E-state index contributed by atoms with van der Waals surface area (Å²) in [5.74, 6) is -0.0519. The Bertz CT molecular complexity index is 1370. The number of aromatic nitrogens is 2. The first kappa shape index (κ1) is 23.9. The van der Waals surface area contributed by atoms with E-state index in [4.69, 9.17) is 9.88 Å². The number of primary sulfonamides is 1. The number of nitrogens with two attached hydrogens (primary N) is 1. The van der Waals surface area contributed by atoms with Gasteiger partial charge in [-0.3, -0.25) is 14.2 Å². The third-order valence-electron chi connectivity index (χ3n) is 6.39. The summed E-state index contributed by atoms with van der Waals surface area (Å²) in [6.45, 7) is 0.392. The first-order valence-electron chi connectivity index (χ1n) is 11.2. The first-order valence-corrected chi connectivity index (χ1v) is 12.8. The third-order valence-corrected chi connectivity index (χ3v) is 7.74. The van der Waals surface area contributed by atoms with Crippen LogP contribution in [0, 0.1) is 5.92 Å². The van der Waals surface area contributed by atoms with Crippen LogP contribution in [0.3, 0.4) is 0 Å². The minimum Gasteiger partial charge on any atom is -0.496 e. The van der Waals surface area contributed by atoms with E-state index in [9.17, 15) is 18.0 Å². The predicted molar refractivity (Wildman–Crippen MR) is 130 cm³/mol. The molecule has 3 aromatic rings. The van der Waals surface area contributed by atoms with Gasteiger partial charge in [-0.1, -0.05) is 30.7 Å². The van der Waals surface area contributed by atoms with E-state index in [1.54, 1.807) is 25.3 Å². The summed E-state index contributed by atoms with van der Waals surface area (Å²) in [6, 6.07) is 12.7. The Morgan fingerprint density at radius 2 is 2.00 bits per heavy atom. The van der Waals surface area contributed by atoms with Crippen LogP contribution in [0.15, 0.2) is 53.6 Å². The number of anilines is 1. The highest BCUT2D eigenvalue weighted by Crippen LogP contribution is 2.29. The largest absolute Gasteiger partial charge is 0.496 e. The van der Waals surface area contributed by atoms with Crippen LogP contribution in [0.25, 0.3) is 10.9 Å². The van der Waals surface area contributed by atoms with Gasteiger partial charge in [0.2, 0.25) is 15.9 Å². The monoisotopic (exact) mass is 484 g/mol. The minimum atomic E-state index is -3.70. The van der Waals surface area contributed by atoms with Gasteiger partial charge in [0.1, 0.15) is 5.75 Å². The van der Waals surface area contributed by atoms with Gasteiger partial charge in [0.05, 0.1) is 35.3 Å². The quantitative estimate of drug-likeness (QED) is 0.529. The fourth-order valence-electron chi connectivity index (χ4n) is 4.53. The van der Waals surface area contributed by atoms with Gasteiger partial charge in [0.25, 0.3) is 5.56 Å². The number of fused-ring (bicyclic) bond motifs is 1. The molecule has 2 atom stereocenters. The van der Waals surface area contributed by atoms with Crippen molar-refractivity contribution in [1.82, 2.24) is 9.55 Å². The molecule has 0 bridgehead atoms. The molecular weight excluding hydrogens is 456 g/mol. The van der Waals surface area contributed by atoms with Crippen LogP contribution < -0.4 is 20.8 Å². The van der Waals surface area contributed by atoms with Crippen molar-refractivity contribution in [2.24, 2.45) is 11.1 Å². The van der Waals surface area contributed by atoms with Crippen molar-refractivity contribution in [3.05, 3.63) is 64.7 Å². The molecule has 0 saturated heterocycles. The Morgan fingerprint density at radius 3 is 2.76 bits per heavy atom. The first-order chi connectivity index (χ1) is 16.3. The number of ether oxygens (including phenoxy) is 1. The SMILES string of the molecule is COc1ccccc1CCn1cnc2cccc(NC(=O)C3CCCC(S(N)(=O)=O)C3)c2c1=O. The summed E-state index contributed by atoms with van der Waals surface area (Å²) >= 11 is 0. The number of methoxy groups -OCH3 is 1. The summed E-state index contributed by atoms with van der Waals surface area (Å²) in [7, 11) is -2.09. The van der Waals surface area contributed by atoms with Crippen molar-refractivity contribution in [2.75, 3.05) is 12.4 Å². The maximum absolute atomic E-state index is 13.3. The summed E-state index contributed by atoms with van der Waals surface area (Å²) in [5.41, 5.74) is 1.55. The number of aryl methyl sites for hydroxylation is 2. The Kier molecular flexibility index (Phi) is 6.99. The molecule has 34 heavy (non-hydrogen) atoms. The number of nitrogens with one attached hydrogen (secondary N) is 1. The van der Waals surface area contributed by atoms with E-state index in [2.05, 4.69) is 10.3 Å². The van der Waals surface area contributed by atoms with E-state index in [-0.39, 0.29) is 17.9 Å². The number of amides is 1. The Hall–Kier alpha value is -3.24. The highest BCUT2D eigenvalue weighted by molar-refractivity contribution is 7.89. The van der Waals surface area contributed by atoms with E-state index < -0.39 is 21.2 Å². The molecule has 3 N–H and O–H groups in total. The van der Waals surface area contributed by atoms with Gasteiger partial charge in [-0.2, -0.15) is 0 Å². The number of nitrogens with zero attached hydrogens (tertiary/aromatic N) is 2. The van der Waals surface area contributed by atoms with Crippen LogP contribution in [-0.2, 0) is 27.8 Å². The van der Waals surface area contributed by atoms with E-state index in [1.807, 2.05) is 24.3 Å². The van der Waals surface area contributed by atoms with Crippen molar-refractivity contribution in [1.29, 1.82) is 0 Å². The molecule has 0 spiro atoms. The van der Waals surface area contributed by atoms with Gasteiger partial charge in [0, 0.05) is 12.5 Å². The molecule has 1 heterocycles. The van der Waals surface area contributed by atoms with Crippen LogP contribution in [0.4, 0.5) is 5.69 Å². The zero-order valence-electron chi connectivity index (χ0n) is 18.9. The van der Waals surface area contributed by atoms with Crippen molar-refractivity contribution in [2.45, 2.75) is 43.9 Å². The molecule has 1 aromatic heterocycles. The smallest absolute Gasteiger partial charge is 0.263 e. The second-order valence-electron chi connectivity index (χ2n) is 8.57. The summed E-state index contributed by atoms with van der Waals surface area (Å²) in [6.07, 6.45) is 3.89. The lowest BCUT2D eigenvalue weighted by atomic mass is 9.88. The van der Waals surface area contributed by atoms with Crippen LogP contribution in [0.1, 0.15) is 31.2 Å². The third kappa shape index (κ3) is 5.13. The lowest BCUT2D eigenvalue weighted by Gasteiger charge is -2.27. The fourth-order valence-corrected chi connectivity index (χ4v) is 5.53. The number of para-hydroxylation sites is 1. The molecular formula is C24H28N4O5S. The van der Waals surface area contributed by atoms with E-state index in [0.29, 0.717) is 48.8 Å². The predicted octanol–water partition coefficient (Wildman–Crippen LogP) is 2.43. The number of hydrogen-bond acceptors (Lipinski definition) is 6. The second-order valence-corrected chi connectivity index (χ2v) is 10.4. The zero-order chi connectivity index (χ0) is 24.3. The lowest BCUT2D eigenvalue weighted by molar-refractivity contribution is -0.120. The molecule has 1 saturated carbocycles. The Morgan fingerprint density at radius 1 is 1.21 bits per heavy atom. The highest BCUT2D eigenvalue weighted by atomic mass is 32.2. The van der Waals surface area contributed by atoms with E-state index >= 15 is 0 Å². The van der Waals surface area contributed by atoms with Gasteiger partial charge in [-0.15, -0.1) is 0 Å². The van der Waals surface area contributed by atoms with Gasteiger partial charge >= 0.3 is 0 Å². The average Bonchev–Trinajstić information content (AvgIpc) is 2.83. The molecule has 1 fully saturated rings. The lowest BCUT2D eigenvalue weighted by Crippen LogP contribution is -2.37. The highest BCUT2D eigenvalue weighted by Gasteiger charge is 2.33. The van der Waals surface area contributed by atoms with Gasteiger partial charge in [-0.25, -0.2) is 18.5 Å².